The molecule has 0 bridgehead atoms. The Morgan fingerprint density at radius 1 is 0.787 bits per heavy atom. The molecule has 0 spiro atoms. The number of amides is 5. The first kappa shape index (κ1) is 48.4. The van der Waals surface area contributed by atoms with Gasteiger partial charge in [-0.15, -0.1) is 18.5 Å². The summed E-state index contributed by atoms with van der Waals surface area (Å²) in [4.78, 5) is 71.4. The number of nitriles is 2. The summed E-state index contributed by atoms with van der Waals surface area (Å²) in [5, 5.41) is 45.3. The summed E-state index contributed by atoms with van der Waals surface area (Å²) in [5.41, 5.74) is 0.657. The molecule has 261 valence electrons. The van der Waals surface area contributed by atoms with Crippen LogP contribution in [0.25, 0.3) is 0 Å². The van der Waals surface area contributed by atoms with E-state index in [9.17, 15) is 33.9 Å². The van der Waals surface area contributed by atoms with Crippen LogP contribution in [0.2, 0.25) is 0 Å². The standard InChI is InChI=1S/C21H29N5O8S2.2C3H6NP.Tc/c1-11(27)24-14(6-12-2-4-13(28)5-3-12)19(32)22-7-17(29)25-16(10-36)21(34)26-15(9-35)20(33)23-8-18(30)31;2*4-2-1-3-5;/h2-5,14-16,28,35-36H,6-10H2,1H3,(H,22,32)(H,23,33)(H,24,27)(H,25,29)(H,26,34)(H,30,31);2*1,3,5H2;/t14-,15-,16-;;;/m0.../s1/i;;;1+1. The number of rotatable bonds is 16. The molecule has 20 heteroatoms. The number of carbonyl (C=O) groups is 6. The SMILES string of the molecule is CC(=O)N[C@@H](Cc1ccc(O)cc1)C(=O)NCC(=O)N[C@@H](CS)C(=O)N[C@@H](CS)C(=O)NCC(=O)O.N#CCCP.N#CCCP.[99Tc]. The zero-order chi connectivity index (χ0) is 35.5. The van der Waals surface area contributed by atoms with Gasteiger partial charge in [-0.1, -0.05) is 12.1 Å². The first-order valence-corrected chi connectivity index (χ1v) is 16.5. The van der Waals surface area contributed by atoms with E-state index in [4.69, 9.17) is 15.6 Å². The molecule has 0 heterocycles. The molecule has 7 N–H and O–H groups in total. The molecule has 0 aliphatic carbocycles. The predicted octanol–water partition coefficient (Wildman–Crippen LogP) is -0.867. The summed E-state index contributed by atoms with van der Waals surface area (Å²) in [6.45, 7) is 0.0779. The van der Waals surface area contributed by atoms with Crippen LogP contribution < -0.4 is 26.6 Å². The van der Waals surface area contributed by atoms with E-state index >= 15 is 0 Å². The number of nitrogens with one attached hydrogen (secondary N) is 5. The van der Waals surface area contributed by atoms with Crippen molar-refractivity contribution in [1.82, 2.24) is 26.6 Å². The van der Waals surface area contributed by atoms with Crippen LogP contribution in [0.15, 0.2) is 24.3 Å². The van der Waals surface area contributed by atoms with Crippen molar-refractivity contribution in [2.45, 2.75) is 44.3 Å². The molecule has 0 fully saturated rings. The number of nitrogens with zero attached hydrogens (tertiary/aromatic N) is 2. The van der Waals surface area contributed by atoms with Gasteiger partial charge in [0.15, 0.2) is 0 Å². The van der Waals surface area contributed by atoms with Gasteiger partial charge in [-0.25, -0.2) is 0 Å². The minimum atomic E-state index is -1.26. The fourth-order valence-electron chi connectivity index (χ4n) is 2.93. The smallest absolute Gasteiger partial charge is 0.322 e. The second-order valence-electron chi connectivity index (χ2n) is 8.89. The molecule has 1 aromatic rings. The van der Waals surface area contributed by atoms with Crippen LogP contribution in [0.4, 0.5) is 0 Å². The van der Waals surface area contributed by atoms with E-state index in [2.05, 4.69) is 70.3 Å². The largest absolute Gasteiger partial charge is 0.508 e. The van der Waals surface area contributed by atoms with Gasteiger partial charge in [0.25, 0.3) is 0 Å². The summed E-state index contributed by atoms with van der Waals surface area (Å²) in [5.74, 6) is -4.88. The molecule has 0 saturated heterocycles. The molecule has 0 aliphatic rings. The van der Waals surface area contributed by atoms with Crippen LogP contribution in [0.3, 0.4) is 0 Å². The maximum atomic E-state index is 12.6. The second kappa shape index (κ2) is 30.4. The van der Waals surface area contributed by atoms with Crippen LogP contribution >= 0.6 is 43.7 Å². The minimum absolute atomic E-state index is 0. The van der Waals surface area contributed by atoms with Gasteiger partial charge in [-0.3, -0.25) is 28.8 Å². The number of carboxylic acids is 1. The van der Waals surface area contributed by atoms with E-state index in [1.165, 1.54) is 19.1 Å². The van der Waals surface area contributed by atoms with E-state index in [0.29, 0.717) is 18.4 Å². The van der Waals surface area contributed by atoms with E-state index < -0.39 is 66.7 Å². The summed E-state index contributed by atoms with van der Waals surface area (Å²) in [6.07, 6.45) is 3.21. The molecule has 0 aliphatic heterocycles. The third-order valence-corrected chi connectivity index (χ3v) is 6.38. The monoisotopic (exact) mass is 816 g/mol. The van der Waals surface area contributed by atoms with E-state index in [1.54, 1.807) is 12.1 Å². The third kappa shape index (κ3) is 25.8. The van der Waals surface area contributed by atoms with Crippen molar-refractivity contribution >= 4 is 79.2 Å². The van der Waals surface area contributed by atoms with Crippen LogP contribution in [-0.4, -0.2) is 101 Å². The second-order valence-corrected chi connectivity index (χ2v) is 10.8. The predicted molar refractivity (Wildman–Crippen MR) is 184 cm³/mol. The van der Waals surface area contributed by atoms with Crippen molar-refractivity contribution < 1.29 is 59.1 Å². The maximum absolute atomic E-state index is 12.6. The molecule has 5 atom stereocenters. The summed E-state index contributed by atoms with van der Waals surface area (Å²) < 4.78 is 0. The number of aromatic hydroxyl groups is 1. The van der Waals surface area contributed by atoms with E-state index in [-0.39, 0.29) is 43.8 Å². The quantitative estimate of drug-likeness (QED) is 0.0738. The molecule has 47 heavy (non-hydrogen) atoms. The van der Waals surface area contributed by atoms with Gasteiger partial charge in [0, 0.05) is 57.8 Å². The van der Waals surface area contributed by atoms with Gasteiger partial charge in [-0.2, -0.15) is 35.8 Å². The van der Waals surface area contributed by atoms with Gasteiger partial charge < -0.3 is 36.8 Å². The number of phenols is 1. The Morgan fingerprint density at radius 3 is 1.66 bits per heavy atom. The number of carboxylic acid groups (broad SMARTS) is 1. The van der Waals surface area contributed by atoms with Gasteiger partial charge in [-0.05, 0) is 30.0 Å². The Hall–Kier alpha value is -2.97. The van der Waals surface area contributed by atoms with Crippen molar-refractivity contribution in [2.75, 3.05) is 36.9 Å². The molecular weight excluding hydrogens is 775 g/mol. The summed E-state index contributed by atoms with van der Waals surface area (Å²) in [6, 6.07) is 6.70. The molecule has 0 saturated carbocycles. The number of benzene rings is 1. The van der Waals surface area contributed by atoms with Gasteiger partial charge >= 0.3 is 5.97 Å². The fraction of sp³-hybridized carbons (Fsp3) is 0.481. The number of phenolic OH excluding ortho intramolecular Hbond substituents is 1. The Bertz CT molecular complexity index is 1200. The Balaban J connectivity index is -0.00000152. The van der Waals surface area contributed by atoms with Crippen molar-refractivity contribution in [3.63, 3.8) is 0 Å². The number of carbonyl (C=O) groups excluding carboxylic acids is 5. The maximum Gasteiger partial charge on any atom is 0.322 e. The number of aliphatic carboxylic acids is 1. The van der Waals surface area contributed by atoms with Gasteiger partial charge in [0.2, 0.25) is 29.5 Å². The molecule has 5 amide bonds. The molecule has 1 aromatic carbocycles. The van der Waals surface area contributed by atoms with Crippen LogP contribution in [-0.2, 0) is 55.3 Å². The Kier molecular flexibility index (Phi) is 31.3. The van der Waals surface area contributed by atoms with Crippen LogP contribution in [0, 0.1) is 22.7 Å². The normalized spacial score (nSPS) is 11.2. The van der Waals surface area contributed by atoms with Gasteiger partial charge in [0.1, 0.15) is 30.4 Å². The molecule has 1 radical (unpaired) electrons. The zero-order valence-electron chi connectivity index (χ0n) is 25.6. The van der Waals surface area contributed by atoms with Gasteiger partial charge in [0.05, 0.1) is 18.7 Å². The van der Waals surface area contributed by atoms with Crippen molar-refractivity contribution in [3.05, 3.63) is 29.8 Å². The number of hydrogen-bond acceptors (Lipinski definition) is 11. The molecule has 2 unspecified atom stereocenters. The summed E-state index contributed by atoms with van der Waals surface area (Å²) in [7, 11) is 4.95. The molecule has 15 nitrogen and oxygen atoms in total. The van der Waals surface area contributed by atoms with E-state index in [0.717, 1.165) is 12.3 Å². The average molecular weight is 817 g/mol. The van der Waals surface area contributed by atoms with Crippen molar-refractivity contribution in [2.24, 2.45) is 0 Å². The molecular formula is C27H41N7O8P2S2Tc. The van der Waals surface area contributed by atoms with Crippen molar-refractivity contribution in [1.29, 1.82) is 10.5 Å². The Morgan fingerprint density at radius 2 is 1.26 bits per heavy atom. The van der Waals surface area contributed by atoms with Crippen LogP contribution in [0.5, 0.6) is 5.75 Å². The molecule has 0 aromatic heterocycles. The van der Waals surface area contributed by atoms with Crippen molar-refractivity contribution in [3.8, 4) is 17.9 Å². The number of hydrogen-bond donors (Lipinski definition) is 9. The fourth-order valence-corrected chi connectivity index (χ4v) is 3.71. The topological polar surface area (TPSA) is 251 Å². The number of thiol groups is 2. The Labute approximate surface area is 303 Å². The minimum Gasteiger partial charge on any atom is -0.508 e. The third-order valence-electron chi connectivity index (χ3n) is 5.07. The molecule has 1 rings (SSSR count). The zero-order valence-corrected chi connectivity index (χ0v) is 31.5. The first-order chi connectivity index (χ1) is 21.8. The van der Waals surface area contributed by atoms with Crippen LogP contribution in [0.1, 0.15) is 25.3 Å². The van der Waals surface area contributed by atoms with E-state index in [1.807, 2.05) is 12.1 Å². The summed E-state index contributed by atoms with van der Waals surface area (Å²) >= 11 is 7.98. The average Bonchev–Trinajstić information content (AvgIpc) is 3.01. The first-order valence-electron chi connectivity index (χ1n) is 13.6.